The summed E-state index contributed by atoms with van der Waals surface area (Å²) in [4.78, 5) is 24.1. The molecule has 202 valence electrons. The number of benzene rings is 4. The molecule has 1 aliphatic heterocycles. The van der Waals surface area contributed by atoms with Crippen LogP contribution in [0.2, 0.25) is 0 Å². The molecule has 0 saturated carbocycles. The Labute approximate surface area is 225 Å². The molecule has 1 atom stereocenters. The van der Waals surface area contributed by atoms with E-state index < -0.39 is 11.5 Å². The predicted octanol–water partition coefficient (Wildman–Crippen LogP) is 5.09. The van der Waals surface area contributed by atoms with Crippen LogP contribution in [-0.4, -0.2) is 36.4 Å². The summed E-state index contributed by atoms with van der Waals surface area (Å²) in [5, 5.41) is 56.8. The lowest BCUT2D eigenvalue weighted by molar-refractivity contribution is 0.0845. The van der Waals surface area contributed by atoms with Gasteiger partial charge in [-0.2, -0.15) is 0 Å². The smallest absolute Gasteiger partial charge is 0.197 e. The second kappa shape index (κ2) is 10.3. The summed E-state index contributed by atoms with van der Waals surface area (Å²) in [6.07, 6.45) is -0.410. The maximum atomic E-state index is 12.1. The Morgan fingerprint density at radius 1 is 0.650 bits per heavy atom. The maximum Gasteiger partial charge on any atom is 0.197 e. The van der Waals surface area contributed by atoms with Crippen molar-refractivity contribution in [1.29, 1.82) is 0 Å². The molecular formula is C30H22O10. The van der Waals surface area contributed by atoms with Gasteiger partial charge in [0.2, 0.25) is 0 Å². The number of ether oxygens (including phenoxy) is 1. The minimum atomic E-state index is -0.503. The zero-order valence-electron chi connectivity index (χ0n) is 20.6. The van der Waals surface area contributed by atoms with Crippen LogP contribution in [0.3, 0.4) is 0 Å². The summed E-state index contributed by atoms with van der Waals surface area (Å²) in [6, 6.07) is 18.5. The molecule has 0 saturated heterocycles. The Morgan fingerprint density at radius 2 is 1.25 bits per heavy atom. The molecule has 40 heavy (non-hydrogen) atoms. The first kappa shape index (κ1) is 26.0. The lowest BCUT2D eigenvalue weighted by atomic mass is 9.95. The van der Waals surface area contributed by atoms with Gasteiger partial charge in [0.25, 0.3) is 0 Å². The quantitative estimate of drug-likeness (QED) is 0.176. The van der Waals surface area contributed by atoms with Crippen LogP contribution in [0, 0.1) is 0 Å². The number of phenols is 6. The summed E-state index contributed by atoms with van der Waals surface area (Å²) in [5.74, 6) is -0.536. The second-order valence-corrected chi connectivity index (χ2v) is 9.02. The summed E-state index contributed by atoms with van der Waals surface area (Å²) < 4.78 is 11.2. The molecule has 0 fully saturated rings. The Balaban J connectivity index is 0.000000161. The number of phenolic OH excluding ortho intramolecular Hbond substituents is 6. The van der Waals surface area contributed by atoms with Gasteiger partial charge in [0.1, 0.15) is 68.6 Å². The molecule has 10 heteroatoms. The van der Waals surface area contributed by atoms with Crippen LogP contribution in [0.4, 0.5) is 0 Å². The number of carbonyl (C=O) groups excluding carboxylic acids is 1. The number of fused-ring (bicyclic) bond motifs is 2. The second-order valence-electron chi connectivity index (χ2n) is 9.02. The van der Waals surface area contributed by atoms with Gasteiger partial charge in [-0.15, -0.1) is 0 Å². The zero-order valence-corrected chi connectivity index (χ0v) is 20.6. The summed E-state index contributed by atoms with van der Waals surface area (Å²) in [6.45, 7) is 0. The number of carbonyl (C=O) groups is 1. The van der Waals surface area contributed by atoms with E-state index in [0.29, 0.717) is 5.56 Å². The van der Waals surface area contributed by atoms with Crippen LogP contribution in [0.1, 0.15) is 28.4 Å². The average Bonchev–Trinajstić information content (AvgIpc) is 2.88. The van der Waals surface area contributed by atoms with Crippen LogP contribution in [0.15, 0.2) is 88.1 Å². The van der Waals surface area contributed by atoms with Gasteiger partial charge in [-0.25, -0.2) is 0 Å². The topological polar surface area (TPSA) is 178 Å². The lowest BCUT2D eigenvalue weighted by Gasteiger charge is -2.26. The predicted molar refractivity (Wildman–Crippen MR) is 143 cm³/mol. The van der Waals surface area contributed by atoms with Crippen molar-refractivity contribution in [1.82, 2.24) is 0 Å². The van der Waals surface area contributed by atoms with E-state index in [1.165, 1.54) is 42.5 Å². The van der Waals surface area contributed by atoms with Crippen LogP contribution in [0.25, 0.3) is 22.3 Å². The minimum Gasteiger partial charge on any atom is -0.508 e. The molecule has 10 nitrogen and oxygen atoms in total. The highest BCUT2D eigenvalue weighted by atomic mass is 16.5. The molecule has 6 rings (SSSR count). The lowest BCUT2D eigenvalue weighted by Crippen LogP contribution is -2.20. The number of ketones is 1. The van der Waals surface area contributed by atoms with E-state index in [1.807, 2.05) is 0 Å². The molecule has 5 aromatic rings. The molecule has 2 heterocycles. The third kappa shape index (κ3) is 5.18. The van der Waals surface area contributed by atoms with Crippen molar-refractivity contribution in [3.63, 3.8) is 0 Å². The monoisotopic (exact) mass is 542 g/mol. The van der Waals surface area contributed by atoms with Gasteiger partial charge in [0.05, 0.1) is 6.42 Å². The Kier molecular flexibility index (Phi) is 6.66. The first-order valence-corrected chi connectivity index (χ1v) is 11.9. The maximum absolute atomic E-state index is 12.1. The fourth-order valence-corrected chi connectivity index (χ4v) is 4.32. The minimum absolute atomic E-state index is 0.0188. The van der Waals surface area contributed by atoms with E-state index in [1.54, 1.807) is 24.3 Å². The van der Waals surface area contributed by atoms with Crippen LogP contribution in [-0.2, 0) is 0 Å². The number of rotatable bonds is 2. The largest absolute Gasteiger partial charge is 0.508 e. The third-order valence-corrected chi connectivity index (χ3v) is 6.20. The highest BCUT2D eigenvalue weighted by molar-refractivity contribution is 6.02. The molecule has 0 aliphatic carbocycles. The van der Waals surface area contributed by atoms with Crippen molar-refractivity contribution < 1.29 is 44.6 Å². The van der Waals surface area contributed by atoms with Gasteiger partial charge >= 0.3 is 0 Å². The normalized spacial score (nSPS) is 14.1. The first-order valence-electron chi connectivity index (χ1n) is 11.9. The van der Waals surface area contributed by atoms with E-state index >= 15 is 0 Å². The molecule has 0 spiro atoms. The number of hydrogen-bond donors (Lipinski definition) is 6. The van der Waals surface area contributed by atoms with E-state index in [4.69, 9.17) is 9.15 Å². The Hall–Kier alpha value is -5.64. The van der Waals surface area contributed by atoms with Gasteiger partial charge in [0.15, 0.2) is 11.2 Å². The van der Waals surface area contributed by atoms with Gasteiger partial charge in [0, 0.05) is 35.9 Å². The molecular weight excluding hydrogens is 520 g/mol. The third-order valence-electron chi connectivity index (χ3n) is 6.20. The van der Waals surface area contributed by atoms with Crippen molar-refractivity contribution in [3.05, 3.63) is 100 Å². The fourth-order valence-electron chi connectivity index (χ4n) is 4.32. The Bertz CT molecular complexity index is 1790. The van der Waals surface area contributed by atoms with E-state index in [-0.39, 0.29) is 74.7 Å². The molecule has 0 unspecified atom stereocenters. The molecule has 6 N–H and O–H groups in total. The summed E-state index contributed by atoms with van der Waals surface area (Å²) in [5.41, 5.74) is 1.12. The molecule has 1 aromatic heterocycles. The van der Waals surface area contributed by atoms with E-state index in [2.05, 4.69) is 0 Å². The SMILES string of the molecule is O=C1C[C@@H](c2ccc(O)cc2)Oc2cc(O)cc(O)c21.O=c1cc(-c2ccc(O)cc2)oc2cc(O)cc(O)c12. The summed E-state index contributed by atoms with van der Waals surface area (Å²) in [7, 11) is 0. The molecule has 0 bridgehead atoms. The highest BCUT2D eigenvalue weighted by Gasteiger charge is 2.30. The van der Waals surface area contributed by atoms with Crippen molar-refractivity contribution in [2.24, 2.45) is 0 Å². The van der Waals surface area contributed by atoms with Crippen LogP contribution in [0.5, 0.6) is 40.2 Å². The molecule has 0 radical (unpaired) electrons. The molecule has 1 aliphatic rings. The van der Waals surface area contributed by atoms with Gasteiger partial charge in [-0.3, -0.25) is 9.59 Å². The number of aromatic hydroxyl groups is 6. The van der Waals surface area contributed by atoms with Crippen molar-refractivity contribution in [2.45, 2.75) is 12.5 Å². The van der Waals surface area contributed by atoms with E-state index in [9.17, 15) is 40.2 Å². The highest BCUT2D eigenvalue weighted by Crippen LogP contribution is 2.41. The number of Topliss-reactive ketones (excluding diaryl/α,β-unsaturated/α-hetero) is 1. The van der Waals surface area contributed by atoms with Crippen molar-refractivity contribution >= 4 is 16.8 Å². The number of hydrogen-bond acceptors (Lipinski definition) is 10. The standard InChI is InChI=1S/C15H12O5.C15H10O5/c2*16-9-3-1-8(2-4-9)13-7-12(19)15-11(18)5-10(17)6-14(15)20-13/h1-6,13,16-18H,7H2;1-7,16-18H/t13-;/m0./s1. The van der Waals surface area contributed by atoms with Crippen LogP contribution >= 0.6 is 0 Å². The Morgan fingerprint density at radius 3 is 1.93 bits per heavy atom. The molecule has 4 aromatic carbocycles. The van der Waals surface area contributed by atoms with E-state index in [0.717, 1.165) is 17.7 Å². The molecule has 0 amide bonds. The first-order chi connectivity index (χ1) is 19.1. The average molecular weight is 542 g/mol. The fraction of sp³-hybridized carbons (Fsp3) is 0.0667. The van der Waals surface area contributed by atoms with Gasteiger partial charge < -0.3 is 39.8 Å². The van der Waals surface area contributed by atoms with Gasteiger partial charge in [-0.1, -0.05) is 12.1 Å². The summed E-state index contributed by atoms with van der Waals surface area (Å²) >= 11 is 0. The van der Waals surface area contributed by atoms with Crippen LogP contribution < -0.4 is 10.2 Å². The zero-order chi connectivity index (χ0) is 28.6. The van der Waals surface area contributed by atoms with Crippen molar-refractivity contribution in [2.75, 3.05) is 0 Å². The van der Waals surface area contributed by atoms with Crippen molar-refractivity contribution in [3.8, 4) is 51.6 Å². The van der Waals surface area contributed by atoms with Gasteiger partial charge in [-0.05, 0) is 42.0 Å².